The second-order valence-corrected chi connectivity index (χ2v) is 11.1. The number of hydrogen-bond donors (Lipinski definition) is 1. The van der Waals surface area contributed by atoms with Crippen LogP contribution in [0.3, 0.4) is 0 Å². The van der Waals surface area contributed by atoms with Crippen molar-refractivity contribution in [1.29, 1.82) is 0 Å². The normalized spacial score (nSPS) is 19.8. The molecule has 2 amide bonds. The molecule has 36 heavy (non-hydrogen) atoms. The van der Waals surface area contributed by atoms with Gasteiger partial charge in [0.25, 0.3) is 0 Å². The summed E-state index contributed by atoms with van der Waals surface area (Å²) in [5.41, 5.74) is 2.17. The number of nitrogens with one attached hydrogen (secondary N) is 1. The van der Waals surface area contributed by atoms with E-state index in [1.54, 1.807) is 4.90 Å². The summed E-state index contributed by atoms with van der Waals surface area (Å²) in [5, 5.41) is 2.81. The van der Waals surface area contributed by atoms with E-state index in [0.717, 1.165) is 17.7 Å². The fraction of sp³-hybridized carbons (Fsp3) is 0.462. The molecule has 10 heteroatoms. The van der Waals surface area contributed by atoms with E-state index in [4.69, 9.17) is 9.47 Å². The zero-order chi connectivity index (χ0) is 25.9. The zero-order valence-electron chi connectivity index (χ0n) is 20.9. The number of carbonyl (C=O) groups is 2. The molecule has 0 radical (unpaired) electrons. The minimum atomic E-state index is -3.75. The van der Waals surface area contributed by atoms with Gasteiger partial charge in [-0.1, -0.05) is 32.0 Å². The lowest BCUT2D eigenvalue weighted by atomic mass is 9.96. The summed E-state index contributed by atoms with van der Waals surface area (Å²) >= 11 is 0. The molecule has 2 aliphatic rings. The van der Waals surface area contributed by atoms with E-state index >= 15 is 0 Å². The molecular weight excluding hydrogens is 482 g/mol. The average molecular weight is 516 g/mol. The predicted octanol–water partition coefficient (Wildman–Crippen LogP) is 3.22. The first-order valence-electron chi connectivity index (χ1n) is 12.2. The second kappa shape index (κ2) is 11.0. The largest absolute Gasteiger partial charge is 0.495 e. The van der Waals surface area contributed by atoms with Crippen molar-refractivity contribution in [2.45, 2.75) is 37.5 Å². The summed E-state index contributed by atoms with van der Waals surface area (Å²) in [4.78, 5) is 27.9. The van der Waals surface area contributed by atoms with E-state index in [1.165, 1.54) is 29.6 Å². The molecule has 9 nitrogen and oxygen atoms in total. The number of morpholine rings is 1. The van der Waals surface area contributed by atoms with Crippen molar-refractivity contribution < 1.29 is 27.5 Å². The Hall–Kier alpha value is -2.95. The highest BCUT2D eigenvalue weighted by Crippen LogP contribution is 2.35. The molecule has 4 rings (SSSR count). The summed E-state index contributed by atoms with van der Waals surface area (Å²) in [7, 11) is -2.30. The summed E-state index contributed by atoms with van der Waals surface area (Å²) in [6.45, 7) is 5.70. The van der Waals surface area contributed by atoms with E-state index < -0.39 is 15.9 Å². The highest BCUT2D eigenvalue weighted by Gasteiger charge is 2.37. The first kappa shape index (κ1) is 26.1. The number of para-hydroxylation sites is 1. The van der Waals surface area contributed by atoms with E-state index in [-0.39, 0.29) is 54.4 Å². The molecule has 2 fully saturated rings. The molecule has 2 aromatic rings. The molecule has 2 heterocycles. The third-order valence-corrected chi connectivity index (χ3v) is 8.80. The Morgan fingerprint density at radius 1 is 1.19 bits per heavy atom. The van der Waals surface area contributed by atoms with Crippen molar-refractivity contribution in [2.75, 3.05) is 50.2 Å². The van der Waals surface area contributed by atoms with Crippen LogP contribution in [0.2, 0.25) is 0 Å². The SMILES string of the molecule is CC[C@@H](C)c1ccccc1N1C[C@H](C(=O)Nc2cc(S(=O)(=O)N3CCOCC3)ccc2OC)CC1=O. The number of anilines is 2. The first-order valence-corrected chi connectivity index (χ1v) is 13.7. The van der Waals surface area contributed by atoms with Crippen LogP contribution >= 0.6 is 0 Å². The van der Waals surface area contributed by atoms with Gasteiger partial charge >= 0.3 is 0 Å². The van der Waals surface area contributed by atoms with Gasteiger partial charge in [0.05, 0.1) is 36.8 Å². The molecule has 0 spiro atoms. The summed E-state index contributed by atoms with van der Waals surface area (Å²) in [6, 6.07) is 12.2. The smallest absolute Gasteiger partial charge is 0.243 e. The van der Waals surface area contributed by atoms with Crippen LogP contribution in [-0.4, -0.2) is 64.5 Å². The van der Waals surface area contributed by atoms with Gasteiger partial charge in [-0.25, -0.2) is 8.42 Å². The van der Waals surface area contributed by atoms with Crippen molar-refractivity contribution in [3.05, 3.63) is 48.0 Å². The van der Waals surface area contributed by atoms with E-state index in [9.17, 15) is 18.0 Å². The molecule has 1 N–H and O–H groups in total. The van der Waals surface area contributed by atoms with Gasteiger partial charge in [0.2, 0.25) is 21.8 Å². The zero-order valence-corrected chi connectivity index (χ0v) is 21.7. The topological polar surface area (TPSA) is 105 Å². The van der Waals surface area contributed by atoms with Gasteiger partial charge < -0.3 is 19.7 Å². The summed E-state index contributed by atoms with van der Waals surface area (Å²) < 4.78 is 38.2. The van der Waals surface area contributed by atoms with Gasteiger partial charge in [0, 0.05) is 31.7 Å². The number of nitrogens with zero attached hydrogens (tertiary/aromatic N) is 2. The van der Waals surface area contributed by atoms with Crippen LogP contribution in [0.25, 0.3) is 0 Å². The molecule has 2 saturated heterocycles. The van der Waals surface area contributed by atoms with Crippen molar-refractivity contribution in [2.24, 2.45) is 5.92 Å². The number of carbonyl (C=O) groups excluding carboxylic acids is 2. The van der Waals surface area contributed by atoms with Crippen LogP contribution in [0.4, 0.5) is 11.4 Å². The molecule has 2 atom stereocenters. The maximum absolute atomic E-state index is 13.2. The molecule has 0 bridgehead atoms. The Bertz CT molecular complexity index is 1230. The molecule has 0 unspecified atom stereocenters. The van der Waals surface area contributed by atoms with Crippen molar-refractivity contribution in [3.8, 4) is 5.75 Å². The Kier molecular flexibility index (Phi) is 7.97. The minimum Gasteiger partial charge on any atom is -0.495 e. The maximum Gasteiger partial charge on any atom is 0.243 e. The van der Waals surface area contributed by atoms with Crippen molar-refractivity contribution in [3.63, 3.8) is 0 Å². The second-order valence-electron chi connectivity index (χ2n) is 9.14. The predicted molar refractivity (Wildman–Crippen MR) is 137 cm³/mol. The lowest BCUT2D eigenvalue weighted by Gasteiger charge is -2.26. The van der Waals surface area contributed by atoms with Crippen LogP contribution in [0.1, 0.15) is 38.2 Å². The van der Waals surface area contributed by atoms with Gasteiger partial charge in [0.15, 0.2) is 0 Å². The average Bonchev–Trinajstić information content (AvgIpc) is 3.30. The highest BCUT2D eigenvalue weighted by molar-refractivity contribution is 7.89. The Balaban J connectivity index is 1.54. The van der Waals surface area contributed by atoms with Gasteiger partial charge in [0.1, 0.15) is 5.75 Å². The van der Waals surface area contributed by atoms with Crippen molar-refractivity contribution in [1.82, 2.24) is 4.31 Å². The van der Waals surface area contributed by atoms with E-state index in [2.05, 4.69) is 19.2 Å². The fourth-order valence-electron chi connectivity index (χ4n) is 4.60. The lowest BCUT2D eigenvalue weighted by Crippen LogP contribution is -2.40. The van der Waals surface area contributed by atoms with E-state index in [1.807, 2.05) is 24.3 Å². The Morgan fingerprint density at radius 2 is 1.92 bits per heavy atom. The molecule has 2 aromatic carbocycles. The van der Waals surface area contributed by atoms with Gasteiger partial charge in [-0.05, 0) is 42.2 Å². The van der Waals surface area contributed by atoms with Gasteiger partial charge in [-0.15, -0.1) is 0 Å². The number of benzene rings is 2. The number of methoxy groups -OCH3 is 1. The van der Waals surface area contributed by atoms with Crippen molar-refractivity contribution >= 4 is 33.2 Å². The highest BCUT2D eigenvalue weighted by atomic mass is 32.2. The van der Waals surface area contributed by atoms with E-state index in [0.29, 0.717) is 19.0 Å². The first-order chi connectivity index (χ1) is 17.3. The van der Waals surface area contributed by atoms with Crippen LogP contribution < -0.4 is 15.0 Å². The Labute approximate surface area is 212 Å². The van der Waals surface area contributed by atoms with Gasteiger partial charge in [-0.2, -0.15) is 4.31 Å². The molecule has 2 aliphatic heterocycles. The number of amides is 2. The standard InChI is InChI=1S/C26H33N3O6S/c1-4-18(2)21-7-5-6-8-23(21)29-17-19(15-25(29)30)26(31)27-22-16-20(9-10-24(22)34-3)36(32,33)28-11-13-35-14-12-28/h5-10,16,18-19H,4,11-15,17H2,1-3H3,(H,27,31)/t18-,19-/m1/s1. The third-order valence-electron chi connectivity index (χ3n) is 6.90. The molecule has 0 aromatic heterocycles. The molecular formula is C26H33N3O6S. The quantitative estimate of drug-likeness (QED) is 0.579. The van der Waals surface area contributed by atoms with Crippen LogP contribution in [0.15, 0.2) is 47.4 Å². The van der Waals surface area contributed by atoms with Gasteiger partial charge in [-0.3, -0.25) is 9.59 Å². The van der Waals surface area contributed by atoms with Crippen LogP contribution in [0.5, 0.6) is 5.75 Å². The fourth-order valence-corrected chi connectivity index (χ4v) is 6.04. The maximum atomic E-state index is 13.2. The van der Waals surface area contributed by atoms with Crippen LogP contribution in [0, 0.1) is 5.92 Å². The minimum absolute atomic E-state index is 0.0621. The number of rotatable bonds is 8. The van der Waals surface area contributed by atoms with Crippen LogP contribution in [-0.2, 0) is 24.3 Å². The third kappa shape index (κ3) is 5.25. The summed E-state index contributed by atoms with van der Waals surface area (Å²) in [5.74, 6) is -0.422. The number of sulfonamides is 1. The summed E-state index contributed by atoms with van der Waals surface area (Å²) in [6.07, 6.45) is 1.02. The molecule has 194 valence electrons. The molecule has 0 aliphatic carbocycles. The monoisotopic (exact) mass is 515 g/mol. The number of hydrogen-bond acceptors (Lipinski definition) is 6. The number of ether oxygens (including phenoxy) is 2. The molecule has 0 saturated carbocycles. The Morgan fingerprint density at radius 3 is 2.61 bits per heavy atom. The lowest BCUT2D eigenvalue weighted by molar-refractivity contribution is -0.122.